The number of hydrogen-bond donors (Lipinski definition) is 3. The van der Waals surface area contributed by atoms with Crippen LogP contribution in [-0.2, 0) is 14.3 Å². The van der Waals surface area contributed by atoms with E-state index in [9.17, 15) is 9.59 Å². The Hall–Kier alpha value is -1.14. The molecule has 2 aliphatic rings. The molecule has 0 aromatic carbocycles. The standard InChI is InChI=1S/C13H23N3O3/c17-12(16-10-1-2-10)5-8-15-13(18)9-19-11-3-6-14-7-4-11/h10-11,14H,1-9H2,(H,15,18)(H,16,17). The summed E-state index contributed by atoms with van der Waals surface area (Å²) in [5, 5.41) is 8.83. The molecule has 6 nitrogen and oxygen atoms in total. The van der Waals surface area contributed by atoms with Crippen molar-refractivity contribution in [2.24, 2.45) is 0 Å². The second kappa shape index (κ2) is 7.45. The summed E-state index contributed by atoms with van der Waals surface area (Å²) in [5.74, 6) is -0.125. The van der Waals surface area contributed by atoms with E-state index in [0.29, 0.717) is 19.0 Å². The van der Waals surface area contributed by atoms with Crippen LogP contribution >= 0.6 is 0 Å². The lowest BCUT2D eigenvalue weighted by Crippen LogP contribution is -2.37. The smallest absolute Gasteiger partial charge is 0.246 e. The van der Waals surface area contributed by atoms with Gasteiger partial charge < -0.3 is 20.7 Å². The van der Waals surface area contributed by atoms with Gasteiger partial charge in [0.05, 0.1) is 6.10 Å². The Kier molecular flexibility index (Phi) is 5.60. The van der Waals surface area contributed by atoms with E-state index in [1.54, 1.807) is 0 Å². The molecule has 1 heterocycles. The first-order valence-corrected chi connectivity index (χ1v) is 7.12. The maximum Gasteiger partial charge on any atom is 0.246 e. The molecule has 1 aliphatic heterocycles. The number of piperidine rings is 1. The molecule has 0 aromatic rings. The zero-order valence-corrected chi connectivity index (χ0v) is 11.2. The van der Waals surface area contributed by atoms with Crippen LogP contribution < -0.4 is 16.0 Å². The molecule has 0 radical (unpaired) electrons. The number of carbonyl (C=O) groups is 2. The SMILES string of the molecule is O=C(COC1CCNCC1)NCCC(=O)NC1CC1. The zero-order chi connectivity index (χ0) is 13.5. The first-order chi connectivity index (χ1) is 9.24. The summed E-state index contributed by atoms with van der Waals surface area (Å²) in [7, 11) is 0. The molecule has 1 aliphatic carbocycles. The Morgan fingerprint density at radius 2 is 1.84 bits per heavy atom. The topological polar surface area (TPSA) is 79.5 Å². The maximum atomic E-state index is 11.5. The molecule has 2 rings (SSSR count). The second-order valence-corrected chi connectivity index (χ2v) is 5.20. The lowest BCUT2D eigenvalue weighted by Gasteiger charge is -2.22. The Balaban J connectivity index is 1.47. The van der Waals surface area contributed by atoms with Crippen molar-refractivity contribution in [3.8, 4) is 0 Å². The number of amides is 2. The van der Waals surface area contributed by atoms with Gasteiger partial charge in [-0.1, -0.05) is 0 Å². The van der Waals surface area contributed by atoms with Crippen molar-refractivity contribution in [3.05, 3.63) is 0 Å². The first-order valence-electron chi connectivity index (χ1n) is 7.12. The average Bonchev–Trinajstić information content (AvgIpc) is 3.21. The predicted molar refractivity (Wildman–Crippen MR) is 70.6 cm³/mol. The predicted octanol–water partition coefficient (Wildman–Crippen LogP) is -0.460. The Morgan fingerprint density at radius 3 is 2.53 bits per heavy atom. The number of ether oxygens (including phenoxy) is 1. The third-order valence-corrected chi connectivity index (χ3v) is 3.35. The first kappa shape index (κ1) is 14.3. The van der Waals surface area contributed by atoms with E-state index in [-0.39, 0.29) is 24.5 Å². The van der Waals surface area contributed by atoms with E-state index in [1.807, 2.05) is 0 Å². The Labute approximate surface area is 113 Å². The van der Waals surface area contributed by atoms with Crippen LogP contribution in [0.1, 0.15) is 32.1 Å². The van der Waals surface area contributed by atoms with E-state index in [4.69, 9.17) is 4.74 Å². The summed E-state index contributed by atoms with van der Waals surface area (Å²) >= 11 is 0. The van der Waals surface area contributed by atoms with E-state index in [0.717, 1.165) is 38.8 Å². The van der Waals surface area contributed by atoms with Crippen LogP contribution in [0, 0.1) is 0 Å². The van der Waals surface area contributed by atoms with E-state index in [1.165, 1.54) is 0 Å². The normalized spacial score (nSPS) is 20.0. The minimum absolute atomic E-state index is 0.0158. The highest BCUT2D eigenvalue weighted by Crippen LogP contribution is 2.18. The minimum atomic E-state index is -0.141. The van der Waals surface area contributed by atoms with Crippen molar-refractivity contribution in [2.45, 2.75) is 44.2 Å². The van der Waals surface area contributed by atoms with Gasteiger partial charge in [-0.3, -0.25) is 9.59 Å². The van der Waals surface area contributed by atoms with Crippen LogP contribution in [0.25, 0.3) is 0 Å². The van der Waals surface area contributed by atoms with Crippen LogP contribution in [0.15, 0.2) is 0 Å². The molecule has 0 atom stereocenters. The molecule has 0 spiro atoms. The highest BCUT2D eigenvalue weighted by molar-refractivity contribution is 5.79. The van der Waals surface area contributed by atoms with Gasteiger partial charge in [-0.25, -0.2) is 0 Å². The van der Waals surface area contributed by atoms with Gasteiger partial charge >= 0.3 is 0 Å². The van der Waals surface area contributed by atoms with Crippen LogP contribution in [0.3, 0.4) is 0 Å². The summed E-state index contributed by atoms with van der Waals surface area (Å²) < 4.78 is 5.52. The van der Waals surface area contributed by atoms with Crippen LogP contribution in [0.2, 0.25) is 0 Å². The molecule has 1 saturated heterocycles. The molecule has 19 heavy (non-hydrogen) atoms. The molecule has 0 bridgehead atoms. The van der Waals surface area contributed by atoms with Crippen molar-refractivity contribution in [3.63, 3.8) is 0 Å². The van der Waals surface area contributed by atoms with E-state index in [2.05, 4.69) is 16.0 Å². The van der Waals surface area contributed by atoms with Crippen LogP contribution in [0.5, 0.6) is 0 Å². The molecule has 3 N–H and O–H groups in total. The third-order valence-electron chi connectivity index (χ3n) is 3.35. The molecule has 0 aromatic heterocycles. The fourth-order valence-corrected chi connectivity index (χ4v) is 2.05. The maximum absolute atomic E-state index is 11.5. The van der Waals surface area contributed by atoms with Crippen LogP contribution in [0.4, 0.5) is 0 Å². The van der Waals surface area contributed by atoms with E-state index >= 15 is 0 Å². The fourth-order valence-electron chi connectivity index (χ4n) is 2.05. The van der Waals surface area contributed by atoms with Gasteiger partial charge in [0, 0.05) is 19.0 Å². The van der Waals surface area contributed by atoms with Gasteiger partial charge in [0.1, 0.15) is 6.61 Å². The molecular weight excluding hydrogens is 246 g/mol. The molecule has 0 unspecified atom stereocenters. The summed E-state index contributed by atoms with van der Waals surface area (Å²) in [4.78, 5) is 22.9. The quantitative estimate of drug-likeness (QED) is 0.584. The van der Waals surface area contributed by atoms with Gasteiger partial charge in [0.25, 0.3) is 0 Å². The monoisotopic (exact) mass is 269 g/mol. The summed E-state index contributed by atoms with van der Waals surface area (Å²) in [5.41, 5.74) is 0. The molecule has 6 heteroatoms. The molecular formula is C13H23N3O3. The largest absolute Gasteiger partial charge is 0.368 e. The van der Waals surface area contributed by atoms with Crippen molar-refractivity contribution < 1.29 is 14.3 Å². The fraction of sp³-hybridized carbons (Fsp3) is 0.846. The number of nitrogens with one attached hydrogen (secondary N) is 3. The third kappa shape index (κ3) is 6.02. The van der Waals surface area contributed by atoms with E-state index < -0.39 is 0 Å². The minimum Gasteiger partial charge on any atom is -0.368 e. The molecule has 1 saturated carbocycles. The molecule has 2 amide bonds. The van der Waals surface area contributed by atoms with Gasteiger partial charge in [0.2, 0.25) is 11.8 Å². The number of rotatable bonds is 7. The van der Waals surface area contributed by atoms with Crippen LogP contribution in [-0.4, -0.2) is 50.2 Å². The highest BCUT2D eigenvalue weighted by Gasteiger charge is 2.22. The Bertz CT molecular complexity index is 312. The van der Waals surface area contributed by atoms with Crippen molar-refractivity contribution in [1.82, 2.24) is 16.0 Å². The lowest BCUT2D eigenvalue weighted by molar-refractivity contribution is -0.128. The van der Waals surface area contributed by atoms with Crippen molar-refractivity contribution in [2.75, 3.05) is 26.2 Å². The lowest BCUT2D eigenvalue weighted by atomic mass is 10.1. The Morgan fingerprint density at radius 1 is 1.11 bits per heavy atom. The van der Waals surface area contributed by atoms with Gasteiger partial charge in [-0.2, -0.15) is 0 Å². The highest BCUT2D eigenvalue weighted by atomic mass is 16.5. The average molecular weight is 269 g/mol. The zero-order valence-electron chi connectivity index (χ0n) is 11.2. The molecule has 2 fully saturated rings. The second-order valence-electron chi connectivity index (χ2n) is 5.20. The molecule has 108 valence electrons. The van der Waals surface area contributed by atoms with Gasteiger partial charge in [-0.05, 0) is 38.8 Å². The summed E-state index contributed by atoms with van der Waals surface area (Å²) in [6, 6.07) is 0.381. The van der Waals surface area contributed by atoms with Gasteiger partial charge in [0.15, 0.2) is 0 Å². The van der Waals surface area contributed by atoms with Crippen molar-refractivity contribution in [1.29, 1.82) is 0 Å². The summed E-state index contributed by atoms with van der Waals surface area (Å²) in [6.45, 7) is 2.38. The van der Waals surface area contributed by atoms with Crippen molar-refractivity contribution >= 4 is 11.8 Å². The number of hydrogen-bond acceptors (Lipinski definition) is 4. The van der Waals surface area contributed by atoms with Gasteiger partial charge in [-0.15, -0.1) is 0 Å². The summed E-state index contributed by atoms with van der Waals surface area (Å²) in [6.07, 6.45) is 4.61. The number of carbonyl (C=O) groups excluding carboxylic acids is 2.